The summed E-state index contributed by atoms with van der Waals surface area (Å²) >= 11 is 0. The van der Waals surface area contributed by atoms with E-state index in [2.05, 4.69) is 46.8 Å². The summed E-state index contributed by atoms with van der Waals surface area (Å²) in [5.74, 6) is 3.71. The Kier molecular flexibility index (Phi) is 12.5. The first-order valence-electron chi connectivity index (χ1n) is 24.8. The maximum Gasteiger partial charge on any atom is 0.246 e. The molecule has 0 bridgehead atoms. The van der Waals surface area contributed by atoms with Gasteiger partial charge in [0.1, 0.15) is 17.8 Å². The molecule has 16 nitrogen and oxygen atoms in total. The highest BCUT2D eigenvalue weighted by Crippen LogP contribution is 2.64. The van der Waals surface area contributed by atoms with Gasteiger partial charge in [-0.1, -0.05) is 51.0 Å². The lowest BCUT2D eigenvalue weighted by Crippen LogP contribution is -2.61. The number of carbonyl (C=O) groups is 3. The standard InChI is InChI=1S/C53H65N11O5/c1-6-33-11-13-34(14-12-33)32(2)57-49(68)44-21-40(65)31-64(44)50(69)46(52(3,4)5)58-48(67)36-25-53(26-36)23-35(24-53)37-27-55-51(56-28-37)61-17-15-38(16-18-61)62-19-20-63-39(30-62)29-54-47-43(63)22-42(59-60-47)41-9-7-8-10-45(41)66/h1,7-14,22,27-28,32,35-36,38-40,44,46,65-66H,15-21,23-26,29-31H2,2-5H3,(H,54,60)(H,57,68)(H,58,67)/t32-,35-,36-,39-,40+,44-,46+,53?/m0/s1. The zero-order chi connectivity index (χ0) is 48.2. The number of piperidine rings is 1. The van der Waals surface area contributed by atoms with Crippen LogP contribution in [0.5, 0.6) is 5.75 Å². The second-order valence-corrected chi connectivity index (χ2v) is 21.6. The number of rotatable bonds is 10. The van der Waals surface area contributed by atoms with Crippen molar-refractivity contribution in [3.8, 4) is 29.4 Å². The van der Waals surface area contributed by atoms with Gasteiger partial charge in [0.05, 0.1) is 29.6 Å². The van der Waals surface area contributed by atoms with Crippen LogP contribution in [0.3, 0.4) is 0 Å². The van der Waals surface area contributed by atoms with Crippen molar-refractivity contribution in [2.75, 3.05) is 60.9 Å². The van der Waals surface area contributed by atoms with E-state index in [1.165, 1.54) is 4.90 Å². The molecule has 4 aliphatic heterocycles. The number of aromatic nitrogens is 4. The summed E-state index contributed by atoms with van der Waals surface area (Å²) in [6.07, 6.45) is 14.4. The van der Waals surface area contributed by atoms with Gasteiger partial charge in [-0.05, 0) is 104 Å². The molecule has 10 rings (SSSR count). The summed E-state index contributed by atoms with van der Waals surface area (Å²) in [5, 5.41) is 39.6. The molecule has 2 aromatic carbocycles. The fraction of sp³-hybridized carbons (Fsp3) is 0.528. The summed E-state index contributed by atoms with van der Waals surface area (Å²) in [6.45, 7) is 13.1. The van der Waals surface area contributed by atoms with E-state index in [9.17, 15) is 24.6 Å². The van der Waals surface area contributed by atoms with Crippen molar-refractivity contribution in [1.82, 2.24) is 40.6 Å². The molecule has 2 aliphatic carbocycles. The van der Waals surface area contributed by atoms with Crippen LogP contribution in [0.1, 0.15) is 101 Å². The van der Waals surface area contributed by atoms with E-state index >= 15 is 0 Å². The third-order valence-corrected chi connectivity index (χ3v) is 16.0. The van der Waals surface area contributed by atoms with Crippen molar-refractivity contribution in [3.63, 3.8) is 0 Å². The molecule has 3 amide bonds. The number of carbonyl (C=O) groups excluding carboxylic acids is 3. The molecule has 5 fully saturated rings. The molecule has 4 aromatic rings. The third-order valence-electron chi connectivity index (χ3n) is 16.0. The van der Waals surface area contributed by atoms with E-state index in [1.54, 1.807) is 6.07 Å². The van der Waals surface area contributed by atoms with Gasteiger partial charge in [0.15, 0.2) is 5.82 Å². The van der Waals surface area contributed by atoms with Crippen LogP contribution in [0.2, 0.25) is 0 Å². The van der Waals surface area contributed by atoms with Crippen molar-refractivity contribution >= 4 is 35.2 Å². The highest BCUT2D eigenvalue weighted by molar-refractivity contribution is 5.94. The van der Waals surface area contributed by atoms with Crippen molar-refractivity contribution in [2.24, 2.45) is 16.7 Å². The van der Waals surface area contributed by atoms with Crippen molar-refractivity contribution in [1.29, 1.82) is 0 Å². The van der Waals surface area contributed by atoms with E-state index in [4.69, 9.17) is 16.4 Å². The number of likely N-dealkylation sites (tertiary alicyclic amines) is 1. The number of β-amino-alcohol motifs (C(OH)–C–C–N with tert-alkyl or cyclic N) is 1. The van der Waals surface area contributed by atoms with Gasteiger partial charge in [0.25, 0.3) is 0 Å². The number of terminal acetylenes is 1. The van der Waals surface area contributed by atoms with E-state index in [1.807, 2.05) is 88.6 Å². The van der Waals surface area contributed by atoms with Crippen LogP contribution < -0.4 is 25.8 Å². The maximum atomic E-state index is 14.2. The first-order chi connectivity index (χ1) is 33.1. The molecule has 2 saturated carbocycles. The van der Waals surface area contributed by atoms with E-state index in [0.717, 1.165) is 112 Å². The van der Waals surface area contributed by atoms with Gasteiger partial charge in [-0.2, -0.15) is 0 Å². The number of nitrogens with one attached hydrogen (secondary N) is 3. The van der Waals surface area contributed by atoms with Crippen LogP contribution in [0.25, 0.3) is 11.3 Å². The Morgan fingerprint density at radius 2 is 1.62 bits per heavy atom. The number of anilines is 3. The van der Waals surface area contributed by atoms with E-state index < -0.39 is 23.6 Å². The lowest BCUT2D eigenvalue weighted by atomic mass is 9.47. The predicted octanol–water partition coefficient (Wildman–Crippen LogP) is 4.85. The molecule has 1 spiro atoms. The van der Waals surface area contributed by atoms with Crippen molar-refractivity contribution in [2.45, 2.75) is 115 Å². The second kappa shape index (κ2) is 18.5. The van der Waals surface area contributed by atoms with Gasteiger partial charge >= 0.3 is 0 Å². The Labute approximate surface area is 404 Å². The quantitative estimate of drug-likeness (QED) is 0.136. The van der Waals surface area contributed by atoms with Gasteiger partial charge in [-0.3, -0.25) is 19.3 Å². The van der Waals surface area contributed by atoms with Crippen molar-refractivity contribution in [3.05, 3.63) is 83.7 Å². The molecule has 69 heavy (non-hydrogen) atoms. The molecule has 5 N–H and O–H groups in total. The summed E-state index contributed by atoms with van der Waals surface area (Å²) in [4.78, 5) is 60.2. The number of aromatic hydroxyl groups is 1. The summed E-state index contributed by atoms with van der Waals surface area (Å²) in [6, 6.07) is 15.4. The third kappa shape index (κ3) is 9.31. The number of fused-ring (bicyclic) bond motifs is 3. The van der Waals surface area contributed by atoms with Gasteiger partial charge in [-0.15, -0.1) is 16.6 Å². The van der Waals surface area contributed by atoms with Gasteiger partial charge in [0, 0.05) is 87.7 Å². The molecular weight excluding hydrogens is 871 g/mol. The number of para-hydroxylation sites is 1. The predicted molar refractivity (Wildman–Crippen MR) is 263 cm³/mol. The summed E-state index contributed by atoms with van der Waals surface area (Å²) in [5.41, 5.74) is 4.64. The van der Waals surface area contributed by atoms with Gasteiger partial charge in [0.2, 0.25) is 23.7 Å². The van der Waals surface area contributed by atoms with Gasteiger partial charge in [-0.25, -0.2) is 9.97 Å². The van der Waals surface area contributed by atoms with Crippen LogP contribution in [0.15, 0.2) is 67.0 Å². The Bertz CT molecular complexity index is 2590. The number of phenols is 1. The minimum Gasteiger partial charge on any atom is -0.507 e. The number of aliphatic hydroxyl groups excluding tert-OH is 1. The zero-order valence-corrected chi connectivity index (χ0v) is 40.1. The normalized spacial score (nSPS) is 26.6. The van der Waals surface area contributed by atoms with Crippen LogP contribution >= 0.6 is 0 Å². The molecule has 0 unspecified atom stereocenters. The van der Waals surface area contributed by atoms with Gasteiger partial charge < -0.3 is 40.9 Å². The molecular formula is C53H65N11O5. The molecule has 16 heteroatoms. The number of aliphatic hydroxyl groups is 1. The van der Waals surface area contributed by atoms with Crippen LogP contribution in [-0.4, -0.2) is 134 Å². The Morgan fingerprint density at radius 1 is 0.899 bits per heavy atom. The molecule has 362 valence electrons. The first kappa shape index (κ1) is 46.4. The molecule has 2 aromatic heterocycles. The summed E-state index contributed by atoms with van der Waals surface area (Å²) < 4.78 is 0. The summed E-state index contributed by atoms with van der Waals surface area (Å²) in [7, 11) is 0. The molecule has 0 radical (unpaired) electrons. The fourth-order valence-electron chi connectivity index (χ4n) is 12.0. The second-order valence-electron chi connectivity index (χ2n) is 21.6. The Hall–Kier alpha value is -6.31. The van der Waals surface area contributed by atoms with E-state index in [-0.39, 0.29) is 53.8 Å². The largest absolute Gasteiger partial charge is 0.507 e. The monoisotopic (exact) mass is 936 g/mol. The Morgan fingerprint density at radius 3 is 2.32 bits per heavy atom. The van der Waals surface area contributed by atoms with E-state index in [0.29, 0.717) is 29.3 Å². The lowest BCUT2D eigenvalue weighted by Gasteiger charge is -2.57. The minimum atomic E-state index is -0.862. The van der Waals surface area contributed by atoms with Crippen LogP contribution in [-0.2, 0) is 14.4 Å². The molecule has 6 aliphatic rings. The highest BCUT2D eigenvalue weighted by Gasteiger charge is 2.56. The number of phenolic OH excluding ortho intramolecular Hbond substituents is 1. The Balaban J connectivity index is 0.677. The smallest absolute Gasteiger partial charge is 0.246 e. The minimum absolute atomic E-state index is 0.0257. The number of hydrogen-bond donors (Lipinski definition) is 5. The number of benzene rings is 2. The van der Waals surface area contributed by atoms with Crippen LogP contribution in [0.4, 0.5) is 17.5 Å². The highest BCUT2D eigenvalue weighted by atomic mass is 16.3. The fourth-order valence-corrected chi connectivity index (χ4v) is 12.0. The van der Waals surface area contributed by atoms with Crippen molar-refractivity contribution < 1.29 is 24.6 Å². The zero-order valence-electron chi connectivity index (χ0n) is 40.1. The van der Waals surface area contributed by atoms with Crippen LogP contribution in [0, 0.1) is 29.1 Å². The lowest BCUT2D eigenvalue weighted by molar-refractivity contribution is -0.148. The molecule has 3 saturated heterocycles. The molecule has 6 heterocycles. The number of hydrogen-bond acceptors (Lipinski definition) is 13. The maximum absolute atomic E-state index is 14.2. The first-order valence-corrected chi connectivity index (χ1v) is 24.8. The topological polar surface area (TPSA) is 192 Å². The SMILES string of the molecule is C#Cc1ccc([C@H](C)NC(=O)[C@@H]2C[C@@H](O)CN2C(=O)[C@@H](NC(=O)[C@H]2CC3(C2)C[C@H](c2cnc(N4CCC(N5CCN6c7cc(-c8ccccc8O)nnc7NC[C@H]6C5)CC4)nc2)C3)C(C)(C)C)cc1. The molecule has 5 atom stereocenters. The average Bonchev–Trinajstić information content (AvgIpc) is 3.73. The number of nitrogens with zero attached hydrogens (tertiary/aromatic N) is 8. The average molecular weight is 936 g/mol. The number of piperazine rings is 1. The number of amides is 3.